The maximum absolute atomic E-state index is 12.0. The first-order chi connectivity index (χ1) is 11.2. The summed E-state index contributed by atoms with van der Waals surface area (Å²) in [5.41, 5.74) is 0.476. The molecule has 0 aromatic heterocycles. The number of rotatable bonds is 7. The quantitative estimate of drug-likeness (QED) is 0.744. The number of hydrogen-bond acceptors (Lipinski definition) is 5. The van der Waals surface area contributed by atoms with Crippen molar-refractivity contribution in [3.63, 3.8) is 0 Å². The lowest BCUT2D eigenvalue weighted by Gasteiger charge is -2.17. The van der Waals surface area contributed by atoms with Crippen molar-refractivity contribution in [2.45, 2.75) is 33.8 Å². The first-order valence-corrected chi connectivity index (χ1v) is 7.69. The zero-order chi connectivity index (χ0) is 18.3. The van der Waals surface area contributed by atoms with Gasteiger partial charge in [0.15, 0.2) is 23.4 Å². The Kier molecular flexibility index (Phi) is 7.23. The van der Waals surface area contributed by atoms with Crippen molar-refractivity contribution >= 4 is 17.7 Å². The Morgan fingerprint density at radius 1 is 1.12 bits per heavy atom. The lowest BCUT2D eigenvalue weighted by atomic mass is 10.1. The smallest absolute Gasteiger partial charge is 0.321 e. The van der Waals surface area contributed by atoms with E-state index in [1.165, 1.54) is 27.0 Å². The molecule has 0 saturated heterocycles. The summed E-state index contributed by atoms with van der Waals surface area (Å²) in [5.74, 6) is 0.254. The number of hydrogen-bond donors (Lipinski definition) is 2. The van der Waals surface area contributed by atoms with Gasteiger partial charge in [-0.1, -0.05) is 13.8 Å². The first kappa shape index (κ1) is 19.5. The van der Waals surface area contributed by atoms with Crippen LogP contribution in [0.1, 0.15) is 38.1 Å². The van der Waals surface area contributed by atoms with Gasteiger partial charge in [0, 0.05) is 12.1 Å². The largest absolute Gasteiger partial charge is 0.493 e. The molecule has 24 heavy (non-hydrogen) atoms. The van der Waals surface area contributed by atoms with E-state index >= 15 is 0 Å². The van der Waals surface area contributed by atoms with Crippen molar-refractivity contribution in [1.82, 2.24) is 10.6 Å². The standard InChI is InChI=1S/C17H24N2O5/c1-10(2)9-18-17(22)19-16(21)12(4)24-14-7-6-13(11(3)20)8-15(14)23-5/h6-8,10,12H,9H2,1-5H3,(H2,18,19,21,22)/t12-/m1/s1. The minimum absolute atomic E-state index is 0.104. The van der Waals surface area contributed by atoms with E-state index in [1.54, 1.807) is 12.1 Å². The molecule has 2 N–H and O–H groups in total. The first-order valence-electron chi connectivity index (χ1n) is 7.69. The molecule has 1 aromatic rings. The van der Waals surface area contributed by atoms with Gasteiger partial charge in [0.2, 0.25) is 0 Å². The van der Waals surface area contributed by atoms with Crippen molar-refractivity contribution in [1.29, 1.82) is 0 Å². The van der Waals surface area contributed by atoms with Gasteiger partial charge in [-0.25, -0.2) is 4.79 Å². The topological polar surface area (TPSA) is 93.7 Å². The predicted octanol–water partition coefficient (Wildman–Crippen LogP) is 2.15. The molecule has 0 heterocycles. The van der Waals surface area contributed by atoms with E-state index in [2.05, 4.69) is 10.6 Å². The molecule has 3 amide bonds. The van der Waals surface area contributed by atoms with Crippen LogP contribution in [0.2, 0.25) is 0 Å². The maximum atomic E-state index is 12.0. The number of benzene rings is 1. The van der Waals surface area contributed by atoms with Crippen LogP contribution in [0.3, 0.4) is 0 Å². The van der Waals surface area contributed by atoms with Crippen molar-refractivity contribution in [3.8, 4) is 11.5 Å². The van der Waals surface area contributed by atoms with E-state index in [1.807, 2.05) is 13.8 Å². The SMILES string of the molecule is COc1cc(C(C)=O)ccc1O[C@H](C)C(=O)NC(=O)NCC(C)C. The molecular weight excluding hydrogens is 312 g/mol. The molecule has 0 unspecified atom stereocenters. The van der Waals surface area contributed by atoms with Gasteiger partial charge in [-0.05, 0) is 38.0 Å². The predicted molar refractivity (Wildman–Crippen MR) is 89.5 cm³/mol. The molecule has 0 fully saturated rings. The van der Waals surface area contributed by atoms with E-state index in [-0.39, 0.29) is 11.7 Å². The molecule has 0 saturated carbocycles. The monoisotopic (exact) mass is 336 g/mol. The third kappa shape index (κ3) is 5.91. The lowest BCUT2D eigenvalue weighted by Crippen LogP contribution is -2.45. The van der Waals surface area contributed by atoms with Crippen LogP contribution < -0.4 is 20.1 Å². The lowest BCUT2D eigenvalue weighted by molar-refractivity contribution is -0.126. The van der Waals surface area contributed by atoms with Crippen molar-refractivity contribution in [3.05, 3.63) is 23.8 Å². The minimum atomic E-state index is -0.910. The number of carbonyl (C=O) groups excluding carboxylic acids is 3. The molecule has 7 nitrogen and oxygen atoms in total. The second kappa shape index (κ2) is 8.90. The average molecular weight is 336 g/mol. The van der Waals surface area contributed by atoms with Gasteiger partial charge in [-0.15, -0.1) is 0 Å². The van der Waals surface area contributed by atoms with E-state index in [4.69, 9.17) is 9.47 Å². The van der Waals surface area contributed by atoms with Gasteiger partial charge in [0.25, 0.3) is 5.91 Å². The van der Waals surface area contributed by atoms with E-state index in [0.29, 0.717) is 23.6 Å². The second-order valence-corrected chi connectivity index (χ2v) is 5.78. The Morgan fingerprint density at radius 2 is 1.79 bits per heavy atom. The Bertz CT molecular complexity index is 613. The number of methoxy groups -OCH3 is 1. The van der Waals surface area contributed by atoms with Crippen LogP contribution in [0, 0.1) is 5.92 Å². The summed E-state index contributed by atoms with van der Waals surface area (Å²) in [6.45, 7) is 7.33. The highest BCUT2D eigenvalue weighted by molar-refractivity contribution is 5.96. The van der Waals surface area contributed by atoms with E-state index in [9.17, 15) is 14.4 Å². The number of Topliss-reactive ketones (excluding diaryl/α,β-unsaturated/α-hetero) is 1. The average Bonchev–Trinajstić information content (AvgIpc) is 2.52. The Balaban J connectivity index is 2.69. The number of urea groups is 1. The summed E-state index contributed by atoms with van der Waals surface area (Å²) in [6, 6.07) is 4.11. The van der Waals surface area contributed by atoms with Gasteiger partial charge >= 0.3 is 6.03 Å². The fourth-order valence-corrected chi connectivity index (χ4v) is 1.78. The van der Waals surface area contributed by atoms with Gasteiger partial charge in [0.05, 0.1) is 7.11 Å². The zero-order valence-electron chi connectivity index (χ0n) is 14.6. The van der Waals surface area contributed by atoms with Crippen LogP contribution in [0.25, 0.3) is 0 Å². The zero-order valence-corrected chi connectivity index (χ0v) is 14.6. The fourth-order valence-electron chi connectivity index (χ4n) is 1.78. The van der Waals surface area contributed by atoms with Gasteiger partial charge in [-0.3, -0.25) is 14.9 Å². The molecule has 0 aliphatic heterocycles. The minimum Gasteiger partial charge on any atom is -0.493 e. The number of carbonyl (C=O) groups is 3. The Morgan fingerprint density at radius 3 is 2.33 bits per heavy atom. The molecule has 0 aliphatic carbocycles. The highest BCUT2D eigenvalue weighted by Gasteiger charge is 2.19. The summed E-state index contributed by atoms with van der Waals surface area (Å²) in [7, 11) is 1.44. The molecule has 0 aliphatic rings. The van der Waals surface area contributed by atoms with Crippen molar-refractivity contribution < 1.29 is 23.9 Å². The van der Waals surface area contributed by atoms with Crippen LogP contribution >= 0.6 is 0 Å². The summed E-state index contributed by atoms with van der Waals surface area (Å²) in [6.07, 6.45) is -0.910. The van der Waals surface area contributed by atoms with Gasteiger partial charge in [-0.2, -0.15) is 0 Å². The number of nitrogens with one attached hydrogen (secondary N) is 2. The maximum Gasteiger partial charge on any atom is 0.321 e. The molecule has 1 aromatic carbocycles. The molecule has 0 radical (unpaired) electrons. The van der Waals surface area contributed by atoms with Crippen LogP contribution in [-0.4, -0.2) is 37.5 Å². The van der Waals surface area contributed by atoms with Crippen LogP contribution in [0.4, 0.5) is 4.79 Å². The van der Waals surface area contributed by atoms with Crippen LogP contribution in [-0.2, 0) is 4.79 Å². The molecule has 132 valence electrons. The highest BCUT2D eigenvalue weighted by Crippen LogP contribution is 2.29. The molecular formula is C17H24N2O5. The van der Waals surface area contributed by atoms with Crippen molar-refractivity contribution in [2.24, 2.45) is 5.92 Å². The summed E-state index contributed by atoms with van der Waals surface area (Å²) in [4.78, 5) is 35.0. The van der Waals surface area contributed by atoms with Gasteiger partial charge in [0.1, 0.15) is 0 Å². The number of imide groups is 1. The number of ketones is 1. The fraction of sp³-hybridized carbons (Fsp3) is 0.471. The Labute approximate surface area is 141 Å². The Hall–Kier alpha value is -2.57. The second-order valence-electron chi connectivity index (χ2n) is 5.78. The van der Waals surface area contributed by atoms with Gasteiger partial charge < -0.3 is 14.8 Å². The molecule has 1 atom stereocenters. The summed E-state index contributed by atoms with van der Waals surface area (Å²) in [5, 5.41) is 4.80. The van der Waals surface area contributed by atoms with E-state index < -0.39 is 18.0 Å². The molecule has 0 bridgehead atoms. The third-order valence-electron chi connectivity index (χ3n) is 3.15. The number of ether oxygens (including phenoxy) is 2. The van der Waals surface area contributed by atoms with Crippen LogP contribution in [0.5, 0.6) is 11.5 Å². The normalized spacial score (nSPS) is 11.6. The molecule has 1 rings (SSSR count). The third-order valence-corrected chi connectivity index (χ3v) is 3.15. The highest BCUT2D eigenvalue weighted by atomic mass is 16.5. The van der Waals surface area contributed by atoms with E-state index in [0.717, 1.165) is 0 Å². The summed E-state index contributed by atoms with van der Waals surface area (Å²) < 4.78 is 10.7. The summed E-state index contributed by atoms with van der Waals surface area (Å²) >= 11 is 0. The molecule has 0 spiro atoms. The van der Waals surface area contributed by atoms with Crippen LogP contribution in [0.15, 0.2) is 18.2 Å². The van der Waals surface area contributed by atoms with Crippen molar-refractivity contribution in [2.75, 3.05) is 13.7 Å². The molecule has 7 heteroatoms. The number of amides is 3.